The van der Waals surface area contributed by atoms with Gasteiger partial charge < -0.3 is 10.6 Å². The third kappa shape index (κ3) is 5.52. The summed E-state index contributed by atoms with van der Waals surface area (Å²) in [5, 5.41) is 20.1. The summed E-state index contributed by atoms with van der Waals surface area (Å²) in [6, 6.07) is 15.0. The average molecular weight is 411 g/mol. The van der Waals surface area contributed by atoms with E-state index in [1.54, 1.807) is 6.07 Å². The van der Waals surface area contributed by atoms with Gasteiger partial charge in [-0.2, -0.15) is 0 Å². The van der Waals surface area contributed by atoms with Gasteiger partial charge in [0.1, 0.15) is 6.20 Å². The Balaban J connectivity index is 1.85. The van der Waals surface area contributed by atoms with Gasteiger partial charge in [-0.3, -0.25) is 20.2 Å². The normalized spacial score (nSPS) is 10.4. The summed E-state index contributed by atoms with van der Waals surface area (Å²) in [4.78, 5) is 27.1. The fourth-order valence-electron chi connectivity index (χ4n) is 2.61. The number of rotatable bonds is 9. The lowest BCUT2D eigenvalue weighted by molar-refractivity contribution is -0.380. The third-order valence-electron chi connectivity index (χ3n) is 4.07. The van der Waals surface area contributed by atoms with Crippen LogP contribution in [0.15, 0.2) is 54.7 Å². The zero-order valence-electron chi connectivity index (χ0n) is 15.8. The largest absolute Gasteiger partial charge is 0.385 e. The Morgan fingerprint density at radius 2 is 1.97 bits per heavy atom. The van der Waals surface area contributed by atoms with Crippen LogP contribution in [0.5, 0.6) is 0 Å². The molecule has 0 saturated carbocycles. The van der Waals surface area contributed by atoms with Crippen LogP contribution in [0, 0.1) is 10.1 Å². The highest BCUT2D eigenvalue weighted by Crippen LogP contribution is 2.28. The van der Waals surface area contributed by atoms with Crippen molar-refractivity contribution < 1.29 is 9.72 Å². The fourth-order valence-corrected chi connectivity index (χ4v) is 3.24. The first-order valence-corrected chi connectivity index (χ1v) is 10.00. The molecule has 0 saturated heterocycles. The van der Waals surface area contributed by atoms with E-state index in [2.05, 4.69) is 27.9 Å². The fraction of sp³-hybridized carbons (Fsp3) is 0.200. The summed E-state index contributed by atoms with van der Waals surface area (Å²) in [6.45, 7) is 2.92. The topological polar surface area (TPSA) is 109 Å². The maximum Gasteiger partial charge on any atom is 0.345 e. The zero-order valence-corrected chi connectivity index (χ0v) is 16.7. The quantitative estimate of drug-likeness (QED) is 0.252. The molecule has 3 aromatic rings. The van der Waals surface area contributed by atoms with Gasteiger partial charge in [0.15, 0.2) is 5.13 Å². The summed E-state index contributed by atoms with van der Waals surface area (Å²) in [7, 11) is 0. The molecule has 8 nitrogen and oxygen atoms in total. The number of carbonyl (C=O) groups excluding carboxylic acids is 1. The Labute approximate surface area is 172 Å². The number of carbonyl (C=O) groups is 1. The third-order valence-corrected chi connectivity index (χ3v) is 4.93. The maximum atomic E-state index is 12.9. The van der Waals surface area contributed by atoms with Crippen molar-refractivity contribution in [1.29, 1.82) is 0 Å². The molecule has 1 heterocycles. The number of aromatic nitrogens is 1. The molecule has 0 spiro atoms. The van der Waals surface area contributed by atoms with Crippen LogP contribution in [-0.2, 0) is 0 Å². The van der Waals surface area contributed by atoms with E-state index < -0.39 is 10.8 Å². The zero-order chi connectivity index (χ0) is 20.6. The first kappa shape index (κ1) is 20.3. The molecule has 29 heavy (non-hydrogen) atoms. The standard InChI is InChI=1S/C20H21N5O3S/c1-2-3-11-21-15-9-10-17(23-14-7-5-4-6-8-14)16(12-15)19(26)24-20-22-13-18(29-20)25(27)28/h4-10,12-13,21,23H,2-3,11H2,1H3,(H,22,24,26). The number of hydrogen-bond donors (Lipinski definition) is 3. The van der Waals surface area contributed by atoms with E-state index in [1.807, 2.05) is 42.5 Å². The molecule has 0 unspecified atom stereocenters. The average Bonchev–Trinajstić information content (AvgIpc) is 3.19. The van der Waals surface area contributed by atoms with Gasteiger partial charge >= 0.3 is 5.00 Å². The lowest BCUT2D eigenvalue weighted by atomic mass is 10.1. The lowest BCUT2D eigenvalue weighted by Crippen LogP contribution is -2.14. The number of nitrogens with one attached hydrogen (secondary N) is 3. The van der Waals surface area contributed by atoms with Crippen molar-refractivity contribution in [3.05, 3.63) is 70.4 Å². The maximum absolute atomic E-state index is 12.9. The van der Waals surface area contributed by atoms with E-state index >= 15 is 0 Å². The van der Waals surface area contributed by atoms with E-state index in [1.165, 1.54) is 0 Å². The first-order chi connectivity index (χ1) is 14.1. The molecule has 0 aliphatic carbocycles. The van der Waals surface area contributed by atoms with E-state index in [0.717, 1.165) is 48.3 Å². The molecule has 0 aliphatic rings. The van der Waals surface area contributed by atoms with Gasteiger partial charge in [-0.1, -0.05) is 31.5 Å². The highest BCUT2D eigenvalue weighted by atomic mass is 32.1. The lowest BCUT2D eigenvalue weighted by Gasteiger charge is -2.14. The predicted octanol–water partition coefficient (Wildman–Crippen LogP) is 5.26. The molecule has 0 bridgehead atoms. The highest BCUT2D eigenvalue weighted by Gasteiger charge is 2.17. The van der Waals surface area contributed by atoms with Crippen LogP contribution in [0.1, 0.15) is 30.1 Å². The molecule has 0 atom stereocenters. The highest BCUT2D eigenvalue weighted by molar-refractivity contribution is 7.18. The summed E-state index contributed by atoms with van der Waals surface area (Å²) < 4.78 is 0. The van der Waals surface area contributed by atoms with Crippen LogP contribution in [0.3, 0.4) is 0 Å². The van der Waals surface area contributed by atoms with Crippen LogP contribution >= 0.6 is 11.3 Å². The van der Waals surface area contributed by atoms with Crippen molar-refractivity contribution in [3.8, 4) is 0 Å². The molecular formula is C20H21N5O3S. The minimum absolute atomic E-state index is 0.127. The number of thiazole rings is 1. The van der Waals surface area contributed by atoms with Crippen molar-refractivity contribution in [3.63, 3.8) is 0 Å². The number of nitro groups is 1. The van der Waals surface area contributed by atoms with Gasteiger partial charge in [0.25, 0.3) is 5.91 Å². The predicted molar refractivity (Wildman–Crippen MR) is 116 cm³/mol. The van der Waals surface area contributed by atoms with Gasteiger partial charge in [-0.25, -0.2) is 4.98 Å². The van der Waals surface area contributed by atoms with Crippen LogP contribution in [0.4, 0.5) is 27.2 Å². The summed E-state index contributed by atoms with van der Waals surface area (Å²) in [5.41, 5.74) is 2.71. The van der Waals surface area contributed by atoms with Gasteiger partial charge in [-0.05, 0) is 48.1 Å². The minimum atomic E-state index is -0.534. The van der Waals surface area contributed by atoms with E-state index in [4.69, 9.17) is 0 Å². The molecule has 150 valence electrons. The summed E-state index contributed by atoms with van der Waals surface area (Å²) in [6.07, 6.45) is 3.22. The second-order valence-electron chi connectivity index (χ2n) is 6.25. The van der Waals surface area contributed by atoms with Crippen molar-refractivity contribution in [2.75, 3.05) is 22.5 Å². The number of hydrogen-bond acceptors (Lipinski definition) is 7. The van der Waals surface area contributed by atoms with Crippen molar-refractivity contribution in [2.45, 2.75) is 19.8 Å². The van der Waals surface area contributed by atoms with Crippen LogP contribution in [-0.4, -0.2) is 22.4 Å². The molecular weight excluding hydrogens is 390 g/mol. The molecule has 2 aromatic carbocycles. The molecule has 3 rings (SSSR count). The second kappa shape index (κ2) is 9.65. The van der Waals surface area contributed by atoms with Crippen LogP contribution in [0.2, 0.25) is 0 Å². The summed E-state index contributed by atoms with van der Waals surface area (Å²) >= 11 is 0.817. The van der Waals surface area contributed by atoms with Gasteiger partial charge in [0.2, 0.25) is 0 Å². The number of anilines is 4. The van der Waals surface area contributed by atoms with E-state index in [-0.39, 0.29) is 10.1 Å². The van der Waals surface area contributed by atoms with Crippen molar-refractivity contribution >= 4 is 44.4 Å². The molecule has 1 amide bonds. The Morgan fingerprint density at radius 1 is 1.17 bits per heavy atom. The Hall–Kier alpha value is -3.46. The Bertz CT molecular complexity index is 991. The monoisotopic (exact) mass is 411 g/mol. The van der Waals surface area contributed by atoms with Crippen molar-refractivity contribution in [1.82, 2.24) is 4.98 Å². The Kier molecular flexibility index (Phi) is 6.75. The smallest absolute Gasteiger partial charge is 0.345 e. The van der Waals surface area contributed by atoms with Crippen molar-refractivity contribution in [2.24, 2.45) is 0 Å². The minimum Gasteiger partial charge on any atom is -0.385 e. The first-order valence-electron chi connectivity index (χ1n) is 9.18. The molecule has 0 radical (unpaired) electrons. The molecule has 1 aromatic heterocycles. The van der Waals surface area contributed by atoms with Crippen LogP contribution < -0.4 is 16.0 Å². The molecule has 3 N–H and O–H groups in total. The number of unbranched alkanes of at least 4 members (excludes halogenated alkanes) is 1. The number of para-hydroxylation sites is 1. The Morgan fingerprint density at radius 3 is 2.66 bits per heavy atom. The number of amides is 1. The van der Waals surface area contributed by atoms with Crippen LogP contribution in [0.25, 0.3) is 0 Å². The van der Waals surface area contributed by atoms with Gasteiger partial charge in [-0.15, -0.1) is 0 Å². The SMILES string of the molecule is CCCCNc1ccc(Nc2ccccc2)c(C(=O)Nc2ncc([N+](=O)[O-])s2)c1. The second-order valence-corrected chi connectivity index (χ2v) is 7.26. The van der Waals surface area contributed by atoms with E-state index in [0.29, 0.717) is 11.3 Å². The van der Waals surface area contributed by atoms with Gasteiger partial charge in [0.05, 0.1) is 16.2 Å². The summed E-state index contributed by atoms with van der Waals surface area (Å²) in [5.74, 6) is -0.396. The van der Waals surface area contributed by atoms with Gasteiger partial charge in [0, 0.05) is 17.9 Å². The molecule has 0 aliphatic heterocycles. The number of nitrogens with zero attached hydrogens (tertiary/aromatic N) is 2. The number of benzene rings is 2. The molecule has 9 heteroatoms. The molecule has 0 fully saturated rings. The van der Waals surface area contributed by atoms with E-state index in [9.17, 15) is 14.9 Å².